The molecule has 0 radical (unpaired) electrons. The monoisotopic (exact) mass is 377 g/mol. The van der Waals surface area contributed by atoms with Gasteiger partial charge in [-0.05, 0) is 36.8 Å². The number of aromatic nitrogens is 3. The Bertz CT molecular complexity index is 1200. The van der Waals surface area contributed by atoms with E-state index in [4.69, 9.17) is 0 Å². The molecule has 2 aromatic carbocycles. The van der Waals surface area contributed by atoms with Gasteiger partial charge in [-0.2, -0.15) is 0 Å². The predicted octanol–water partition coefficient (Wildman–Crippen LogP) is 4.48. The lowest BCUT2D eigenvalue weighted by atomic mass is 10.1. The molecule has 0 saturated heterocycles. The number of nitrogens with one attached hydrogen (secondary N) is 1. The van der Waals surface area contributed by atoms with E-state index < -0.39 is 9.84 Å². The van der Waals surface area contributed by atoms with Crippen molar-refractivity contribution < 1.29 is 8.42 Å². The van der Waals surface area contributed by atoms with E-state index >= 15 is 0 Å². The molecule has 2 heterocycles. The van der Waals surface area contributed by atoms with Gasteiger partial charge in [-0.1, -0.05) is 37.3 Å². The number of sulfone groups is 1. The van der Waals surface area contributed by atoms with Gasteiger partial charge in [0.15, 0.2) is 9.84 Å². The maximum atomic E-state index is 12.3. The summed E-state index contributed by atoms with van der Waals surface area (Å²) in [5.74, 6) is 0.833. The lowest BCUT2D eigenvalue weighted by Gasteiger charge is -2.02. The van der Waals surface area contributed by atoms with Crippen molar-refractivity contribution in [1.29, 1.82) is 0 Å². The molecule has 0 amide bonds. The highest BCUT2D eigenvalue weighted by atomic mass is 32.2. The summed E-state index contributed by atoms with van der Waals surface area (Å²) in [6.07, 6.45) is 2.34. The zero-order chi connectivity index (χ0) is 18.9. The first kappa shape index (κ1) is 17.4. The van der Waals surface area contributed by atoms with E-state index in [1.807, 2.05) is 49.4 Å². The van der Waals surface area contributed by atoms with Gasteiger partial charge >= 0.3 is 0 Å². The first-order valence-electron chi connectivity index (χ1n) is 8.81. The fourth-order valence-electron chi connectivity index (χ4n) is 3.05. The standard InChI is InChI=1S/C21H19N3O2S/c1-2-12-27(25,26)17-8-9-18-20(14-17)24-21(23-18)16-10-11-22-19(13-16)15-6-4-3-5-7-15/h3-11,13-14H,2,12H2,1H3,(H,23,24). The topological polar surface area (TPSA) is 75.7 Å². The zero-order valence-corrected chi connectivity index (χ0v) is 15.7. The lowest BCUT2D eigenvalue weighted by Crippen LogP contribution is -2.05. The number of rotatable bonds is 5. The van der Waals surface area contributed by atoms with Crippen LogP contribution in [0.25, 0.3) is 33.7 Å². The molecule has 6 heteroatoms. The molecular formula is C21H19N3O2S. The van der Waals surface area contributed by atoms with E-state index in [0.29, 0.717) is 22.7 Å². The molecule has 0 bridgehead atoms. The highest BCUT2D eigenvalue weighted by Gasteiger charge is 2.15. The van der Waals surface area contributed by atoms with E-state index in [9.17, 15) is 8.42 Å². The van der Waals surface area contributed by atoms with Crippen LogP contribution in [0.1, 0.15) is 13.3 Å². The van der Waals surface area contributed by atoms with Gasteiger partial charge in [-0.3, -0.25) is 4.98 Å². The van der Waals surface area contributed by atoms with Crippen LogP contribution in [-0.4, -0.2) is 29.1 Å². The minimum atomic E-state index is -3.26. The van der Waals surface area contributed by atoms with Crippen LogP contribution in [0.5, 0.6) is 0 Å². The second kappa shape index (κ2) is 6.96. The van der Waals surface area contributed by atoms with E-state index in [1.165, 1.54) is 0 Å². The third-order valence-electron chi connectivity index (χ3n) is 4.39. The van der Waals surface area contributed by atoms with Crippen molar-refractivity contribution in [3.8, 4) is 22.6 Å². The molecular weight excluding hydrogens is 358 g/mol. The van der Waals surface area contributed by atoms with Crippen molar-refractivity contribution in [2.45, 2.75) is 18.2 Å². The summed E-state index contributed by atoms with van der Waals surface area (Å²) in [7, 11) is -3.26. The zero-order valence-electron chi connectivity index (χ0n) is 14.9. The molecule has 0 atom stereocenters. The molecule has 0 fully saturated rings. The van der Waals surface area contributed by atoms with Crippen LogP contribution in [0, 0.1) is 0 Å². The van der Waals surface area contributed by atoms with E-state index in [0.717, 1.165) is 22.3 Å². The number of benzene rings is 2. The van der Waals surface area contributed by atoms with E-state index in [-0.39, 0.29) is 5.75 Å². The highest BCUT2D eigenvalue weighted by molar-refractivity contribution is 7.91. The Morgan fingerprint density at radius 3 is 2.56 bits per heavy atom. The normalized spacial score (nSPS) is 11.7. The molecule has 0 saturated carbocycles. The second-order valence-corrected chi connectivity index (χ2v) is 8.49. The largest absolute Gasteiger partial charge is 0.338 e. The smallest absolute Gasteiger partial charge is 0.178 e. The number of fused-ring (bicyclic) bond motifs is 1. The molecule has 0 unspecified atom stereocenters. The molecule has 2 aromatic heterocycles. The minimum Gasteiger partial charge on any atom is -0.338 e. The van der Waals surface area contributed by atoms with Gasteiger partial charge < -0.3 is 4.98 Å². The van der Waals surface area contributed by atoms with Crippen LogP contribution in [0.15, 0.2) is 71.8 Å². The van der Waals surface area contributed by atoms with Crippen LogP contribution in [0.2, 0.25) is 0 Å². The Morgan fingerprint density at radius 2 is 1.78 bits per heavy atom. The fourth-order valence-corrected chi connectivity index (χ4v) is 4.40. The summed E-state index contributed by atoms with van der Waals surface area (Å²) >= 11 is 0. The number of H-pyrrole nitrogens is 1. The quantitative estimate of drug-likeness (QED) is 0.556. The summed E-state index contributed by atoms with van der Waals surface area (Å²) in [4.78, 5) is 12.6. The Hall–Kier alpha value is -2.99. The summed E-state index contributed by atoms with van der Waals surface area (Å²) in [6, 6.07) is 18.8. The van der Waals surface area contributed by atoms with Gasteiger partial charge in [-0.15, -0.1) is 0 Å². The number of imidazole rings is 1. The summed E-state index contributed by atoms with van der Waals surface area (Å²) in [6.45, 7) is 1.86. The molecule has 0 spiro atoms. The second-order valence-electron chi connectivity index (χ2n) is 6.38. The van der Waals surface area contributed by atoms with Crippen molar-refractivity contribution >= 4 is 20.9 Å². The number of hydrogen-bond donors (Lipinski definition) is 1. The molecule has 136 valence electrons. The SMILES string of the molecule is CCCS(=O)(=O)c1ccc2nc(-c3ccnc(-c4ccccc4)c3)[nH]c2c1. The lowest BCUT2D eigenvalue weighted by molar-refractivity contribution is 0.595. The Labute approximate surface area is 158 Å². The van der Waals surface area contributed by atoms with Crippen LogP contribution < -0.4 is 0 Å². The summed E-state index contributed by atoms with van der Waals surface area (Å²) < 4.78 is 24.6. The van der Waals surface area contributed by atoms with E-state index in [1.54, 1.807) is 24.4 Å². The molecule has 0 aliphatic carbocycles. The predicted molar refractivity (Wildman–Crippen MR) is 107 cm³/mol. The maximum absolute atomic E-state index is 12.3. The molecule has 5 nitrogen and oxygen atoms in total. The van der Waals surface area contributed by atoms with Crippen LogP contribution in [0.4, 0.5) is 0 Å². The molecule has 1 N–H and O–H groups in total. The number of aromatic amines is 1. The third-order valence-corrected chi connectivity index (χ3v) is 6.31. The highest BCUT2D eigenvalue weighted by Crippen LogP contribution is 2.26. The fraction of sp³-hybridized carbons (Fsp3) is 0.143. The van der Waals surface area contributed by atoms with Gasteiger partial charge in [0.05, 0.1) is 27.4 Å². The van der Waals surface area contributed by atoms with Gasteiger partial charge in [0.1, 0.15) is 5.82 Å². The minimum absolute atomic E-state index is 0.143. The Kier molecular flexibility index (Phi) is 4.49. The Balaban J connectivity index is 1.75. The van der Waals surface area contributed by atoms with E-state index in [2.05, 4.69) is 15.0 Å². The Morgan fingerprint density at radius 1 is 0.963 bits per heavy atom. The van der Waals surface area contributed by atoms with Crippen molar-refractivity contribution in [2.75, 3.05) is 5.75 Å². The van der Waals surface area contributed by atoms with Gasteiger partial charge in [0.25, 0.3) is 0 Å². The molecule has 0 aliphatic heterocycles. The van der Waals surface area contributed by atoms with Gasteiger partial charge in [0, 0.05) is 17.3 Å². The van der Waals surface area contributed by atoms with Crippen LogP contribution in [-0.2, 0) is 9.84 Å². The van der Waals surface area contributed by atoms with Crippen molar-refractivity contribution in [3.63, 3.8) is 0 Å². The van der Waals surface area contributed by atoms with Crippen LogP contribution in [0.3, 0.4) is 0 Å². The molecule has 4 rings (SSSR count). The average Bonchev–Trinajstić information content (AvgIpc) is 3.12. The number of nitrogens with zero attached hydrogens (tertiary/aromatic N) is 2. The third kappa shape index (κ3) is 3.48. The molecule has 0 aliphatic rings. The van der Waals surface area contributed by atoms with Crippen molar-refractivity contribution in [1.82, 2.24) is 15.0 Å². The number of pyridine rings is 1. The average molecular weight is 377 g/mol. The van der Waals surface area contributed by atoms with Crippen molar-refractivity contribution in [2.24, 2.45) is 0 Å². The first-order chi connectivity index (χ1) is 13.1. The number of hydrogen-bond acceptors (Lipinski definition) is 4. The molecule has 27 heavy (non-hydrogen) atoms. The summed E-state index contributed by atoms with van der Waals surface area (Å²) in [5.41, 5.74) is 4.24. The van der Waals surface area contributed by atoms with Crippen molar-refractivity contribution in [3.05, 3.63) is 66.9 Å². The van der Waals surface area contributed by atoms with Gasteiger partial charge in [-0.25, -0.2) is 13.4 Å². The summed E-state index contributed by atoms with van der Waals surface area (Å²) in [5, 5.41) is 0. The van der Waals surface area contributed by atoms with Gasteiger partial charge in [0.2, 0.25) is 0 Å². The first-order valence-corrected chi connectivity index (χ1v) is 10.5. The maximum Gasteiger partial charge on any atom is 0.178 e. The molecule has 4 aromatic rings. The van der Waals surface area contributed by atoms with Crippen LogP contribution >= 0.6 is 0 Å².